The number of nitrogens with one attached hydrogen (secondary N) is 1. The molecule has 1 amide bonds. The molecule has 0 unspecified atom stereocenters. The predicted molar refractivity (Wildman–Crippen MR) is 125 cm³/mol. The Morgan fingerprint density at radius 3 is 2.34 bits per heavy atom. The standard InChI is InChI=1S/C21H31Cl2N3O5S/c1-15(2)14-30-21(27)24-32(28,29)26-11-5-16(6-12-26)25-9-7-17(8-10-25)31-18-3-4-19(22)20(23)13-18/h3-4,13,15-17H,5-12,14H2,1-2H3,(H,24,27). The molecule has 2 heterocycles. The Bertz CT molecular complexity index is 883. The minimum Gasteiger partial charge on any atom is -0.490 e. The van der Waals surface area contributed by atoms with Gasteiger partial charge < -0.3 is 14.4 Å². The number of ether oxygens (including phenoxy) is 2. The number of hydrogen-bond donors (Lipinski definition) is 1. The zero-order chi connectivity index (χ0) is 23.3. The summed E-state index contributed by atoms with van der Waals surface area (Å²) in [5.41, 5.74) is 0. The van der Waals surface area contributed by atoms with E-state index < -0.39 is 16.3 Å². The number of likely N-dealkylation sites (tertiary alicyclic amines) is 1. The van der Waals surface area contributed by atoms with Crippen LogP contribution >= 0.6 is 23.2 Å². The highest BCUT2D eigenvalue weighted by Crippen LogP contribution is 2.29. The Kier molecular flexibility index (Phi) is 8.91. The van der Waals surface area contributed by atoms with Gasteiger partial charge in [-0.05, 0) is 43.7 Å². The number of amides is 1. The molecule has 0 aliphatic carbocycles. The van der Waals surface area contributed by atoms with Crippen molar-refractivity contribution in [3.8, 4) is 5.75 Å². The van der Waals surface area contributed by atoms with Crippen molar-refractivity contribution >= 4 is 39.5 Å². The Morgan fingerprint density at radius 1 is 1.09 bits per heavy atom. The van der Waals surface area contributed by atoms with E-state index in [1.807, 2.05) is 24.6 Å². The lowest BCUT2D eigenvalue weighted by molar-refractivity contribution is 0.0584. The van der Waals surface area contributed by atoms with Crippen molar-refractivity contribution in [1.29, 1.82) is 0 Å². The maximum absolute atomic E-state index is 12.5. The van der Waals surface area contributed by atoms with Crippen LogP contribution in [0.1, 0.15) is 39.5 Å². The zero-order valence-electron chi connectivity index (χ0n) is 18.4. The summed E-state index contributed by atoms with van der Waals surface area (Å²) in [5.74, 6) is 0.855. The van der Waals surface area contributed by atoms with Crippen molar-refractivity contribution in [3.05, 3.63) is 28.2 Å². The van der Waals surface area contributed by atoms with Gasteiger partial charge in [0.15, 0.2) is 0 Å². The minimum atomic E-state index is -3.88. The van der Waals surface area contributed by atoms with Gasteiger partial charge in [-0.15, -0.1) is 0 Å². The highest BCUT2D eigenvalue weighted by molar-refractivity contribution is 7.87. The van der Waals surface area contributed by atoms with E-state index in [2.05, 4.69) is 4.90 Å². The molecule has 0 radical (unpaired) electrons. The van der Waals surface area contributed by atoms with E-state index in [-0.39, 0.29) is 18.6 Å². The highest BCUT2D eigenvalue weighted by atomic mass is 35.5. The van der Waals surface area contributed by atoms with Gasteiger partial charge in [0, 0.05) is 38.3 Å². The first kappa shape index (κ1) is 25.4. The highest BCUT2D eigenvalue weighted by Gasteiger charge is 2.33. The molecule has 1 aromatic rings. The molecule has 1 aromatic carbocycles. The fraction of sp³-hybridized carbons (Fsp3) is 0.667. The third kappa shape index (κ3) is 7.12. The summed E-state index contributed by atoms with van der Waals surface area (Å²) in [7, 11) is -3.88. The number of carbonyl (C=O) groups excluding carboxylic acids is 1. The quantitative estimate of drug-likeness (QED) is 0.601. The lowest BCUT2D eigenvalue weighted by Crippen LogP contribution is -2.52. The van der Waals surface area contributed by atoms with E-state index in [0.717, 1.165) is 44.5 Å². The molecule has 2 aliphatic rings. The minimum absolute atomic E-state index is 0.116. The number of halogens is 2. The second kappa shape index (κ2) is 11.2. The largest absolute Gasteiger partial charge is 0.490 e. The van der Waals surface area contributed by atoms with Gasteiger partial charge in [-0.25, -0.2) is 9.52 Å². The number of rotatable bonds is 7. The molecule has 2 saturated heterocycles. The lowest BCUT2D eigenvalue weighted by Gasteiger charge is -2.41. The smallest absolute Gasteiger partial charge is 0.421 e. The Balaban J connectivity index is 1.42. The van der Waals surface area contributed by atoms with Gasteiger partial charge in [-0.1, -0.05) is 37.0 Å². The summed E-state index contributed by atoms with van der Waals surface area (Å²) in [5, 5.41) is 0.982. The maximum atomic E-state index is 12.5. The predicted octanol–water partition coefficient (Wildman–Crippen LogP) is 3.93. The van der Waals surface area contributed by atoms with Gasteiger partial charge in [0.05, 0.1) is 16.7 Å². The van der Waals surface area contributed by atoms with Crippen LogP contribution in [0.3, 0.4) is 0 Å². The summed E-state index contributed by atoms with van der Waals surface area (Å²) in [4.78, 5) is 14.1. The van der Waals surface area contributed by atoms with Crippen LogP contribution < -0.4 is 9.46 Å². The molecule has 0 atom stereocenters. The Labute approximate surface area is 200 Å². The number of carbonyl (C=O) groups is 1. The van der Waals surface area contributed by atoms with Gasteiger partial charge in [-0.3, -0.25) is 0 Å². The van der Waals surface area contributed by atoms with Crippen molar-refractivity contribution in [1.82, 2.24) is 13.9 Å². The van der Waals surface area contributed by atoms with Gasteiger partial charge in [0.2, 0.25) is 0 Å². The van der Waals surface area contributed by atoms with Crippen molar-refractivity contribution in [3.63, 3.8) is 0 Å². The van der Waals surface area contributed by atoms with Crippen LogP contribution in [-0.2, 0) is 14.9 Å². The lowest BCUT2D eigenvalue weighted by atomic mass is 10.00. The normalized spacial score (nSPS) is 19.8. The van der Waals surface area contributed by atoms with Crippen LogP contribution in [0.15, 0.2) is 18.2 Å². The average molecular weight is 508 g/mol. The van der Waals surface area contributed by atoms with Crippen molar-refractivity contribution < 1.29 is 22.7 Å². The van der Waals surface area contributed by atoms with Crippen molar-refractivity contribution in [2.75, 3.05) is 32.8 Å². The van der Waals surface area contributed by atoms with Crippen LogP contribution in [0, 0.1) is 5.92 Å². The SMILES string of the molecule is CC(C)COC(=O)NS(=O)(=O)N1CCC(N2CCC(Oc3ccc(Cl)c(Cl)c3)CC2)CC1. The first-order chi connectivity index (χ1) is 15.1. The van der Waals surface area contributed by atoms with Gasteiger partial charge in [0.25, 0.3) is 0 Å². The molecule has 1 N–H and O–H groups in total. The molecule has 3 rings (SSSR count). The van der Waals surface area contributed by atoms with Crippen LogP contribution in [-0.4, -0.2) is 68.6 Å². The molecule has 32 heavy (non-hydrogen) atoms. The molecule has 0 aromatic heterocycles. The molecule has 2 aliphatic heterocycles. The number of nitrogens with zero attached hydrogens (tertiary/aromatic N) is 2. The fourth-order valence-electron chi connectivity index (χ4n) is 3.99. The van der Waals surface area contributed by atoms with Crippen molar-refractivity contribution in [2.24, 2.45) is 5.92 Å². The van der Waals surface area contributed by atoms with E-state index in [1.54, 1.807) is 12.1 Å². The first-order valence-corrected chi connectivity index (χ1v) is 13.1. The van der Waals surface area contributed by atoms with Crippen molar-refractivity contribution in [2.45, 2.75) is 51.7 Å². The molecule has 180 valence electrons. The van der Waals surface area contributed by atoms with E-state index in [4.69, 9.17) is 32.7 Å². The molecule has 11 heteroatoms. The summed E-state index contributed by atoms with van der Waals surface area (Å²) in [6.07, 6.45) is 2.42. The number of benzene rings is 1. The number of piperidine rings is 2. The Hall–Kier alpha value is -1.26. The molecule has 0 bridgehead atoms. The van der Waals surface area contributed by atoms with Crippen LogP contribution in [0.2, 0.25) is 10.0 Å². The van der Waals surface area contributed by atoms with Gasteiger partial charge >= 0.3 is 16.3 Å². The van der Waals surface area contributed by atoms with Crippen LogP contribution in [0.25, 0.3) is 0 Å². The monoisotopic (exact) mass is 507 g/mol. The van der Waals surface area contributed by atoms with E-state index in [0.29, 0.717) is 29.2 Å². The van der Waals surface area contributed by atoms with E-state index in [1.165, 1.54) is 4.31 Å². The maximum Gasteiger partial charge on any atom is 0.421 e. The zero-order valence-corrected chi connectivity index (χ0v) is 20.8. The summed E-state index contributed by atoms with van der Waals surface area (Å²) in [6, 6.07) is 5.61. The summed E-state index contributed by atoms with van der Waals surface area (Å²) < 4.78 is 39.2. The molecule has 2 fully saturated rings. The second-order valence-corrected chi connectivity index (χ2v) is 11.1. The number of hydrogen-bond acceptors (Lipinski definition) is 6. The van der Waals surface area contributed by atoms with Gasteiger partial charge in [-0.2, -0.15) is 12.7 Å². The van der Waals surface area contributed by atoms with E-state index in [9.17, 15) is 13.2 Å². The summed E-state index contributed by atoms with van der Waals surface area (Å²) >= 11 is 12.0. The molecular weight excluding hydrogens is 477 g/mol. The topological polar surface area (TPSA) is 88.2 Å². The third-order valence-corrected chi connectivity index (χ3v) is 7.92. The molecule has 0 saturated carbocycles. The molecule has 0 spiro atoms. The molecule has 8 nitrogen and oxygen atoms in total. The van der Waals surface area contributed by atoms with Crippen LogP contribution in [0.5, 0.6) is 5.75 Å². The fourth-order valence-corrected chi connectivity index (χ4v) is 5.37. The first-order valence-electron chi connectivity index (χ1n) is 10.9. The van der Waals surface area contributed by atoms with Gasteiger partial charge in [0.1, 0.15) is 11.9 Å². The molecular formula is C21H31Cl2N3O5S. The van der Waals surface area contributed by atoms with E-state index >= 15 is 0 Å². The summed E-state index contributed by atoms with van der Waals surface area (Å²) in [6.45, 7) is 6.47. The third-order valence-electron chi connectivity index (χ3n) is 5.71. The second-order valence-electron chi connectivity index (χ2n) is 8.66. The average Bonchev–Trinajstić information content (AvgIpc) is 2.75. The van der Waals surface area contributed by atoms with Crippen LogP contribution in [0.4, 0.5) is 4.79 Å². The Morgan fingerprint density at radius 2 is 1.75 bits per heavy atom.